The van der Waals surface area contributed by atoms with Gasteiger partial charge in [0, 0.05) is 17.7 Å². The van der Waals surface area contributed by atoms with E-state index >= 15 is 0 Å². The van der Waals surface area contributed by atoms with Gasteiger partial charge in [-0.25, -0.2) is 27.0 Å². The van der Waals surface area contributed by atoms with Gasteiger partial charge in [-0.3, -0.25) is 19.1 Å². The molecule has 4 amide bonds. The second-order valence-electron chi connectivity index (χ2n) is 14.6. The van der Waals surface area contributed by atoms with E-state index in [1.807, 2.05) is 17.7 Å². The molecule has 3 fully saturated rings. The molecule has 0 radical (unpaired) electrons. The third-order valence-corrected chi connectivity index (χ3v) is 12.9. The molecule has 2 aliphatic heterocycles. The largest absolute Gasteiger partial charge is 0.494 e. The summed E-state index contributed by atoms with van der Waals surface area (Å²) in [5, 5.41) is 15.6. The average molecular weight is 748 g/mol. The Bertz CT molecular complexity index is 1910. The molecular weight excluding hydrogens is 704 g/mol. The Morgan fingerprint density at radius 2 is 1.92 bits per heavy atom. The van der Waals surface area contributed by atoms with Crippen LogP contribution < -0.4 is 24.8 Å². The molecule has 4 N–H and O–H groups in total. The maximum atomic E-state index is 14.4. The molecule has 2 aromatic rings. The number of alkyl halides is 1. The highest BCUT2D eigenvalue weighted by molar-refractivity contribution is 7.91. The lowest BCUT2D eigenvalue weighted by molar-refractivity contribution is -0.142. The number of hydrogen-bond donors (Lipinski definition) is 4. The van der Waals surface area contributed by atoms with E-state index in [-0.39, 0.29) is 49.4 Å². The number of carbonyl (C=O) groups excluding carboxylic acids is 3. The first-order valence-electron chi connectivity index (χ1n) is 17.3. The summed E-state index contributed by atoms with van der Waals surface area (Å²) < 4.78 is 66.2. The van der Waals surface area contributed by atoms with Gasteiger partial charge in [-0.1, -0.05) is 26.0 Å². The number of sulfonamides is 1. The number of pyridine rings is 1. The number of nitrogens with one attached hydrogen (secondary N) is 3. The molecule has 1 aromatic heterocycles. The normalized spacial score (nSPS) is 30.8. The van der Waals surface area contributed by atoms with Crippen LogP contribution in [0.5, 0.6) is 11.6 Å². The Morgan fingerprint density at radius 1 is 1.17 bits per heavy atom. The van der Waals surface area contributed by atoms with E-state index in [9.17, 15) is 41.5 Å². The average Bonchev–Trinajstić information content (AvgIpc) is 4.00. The molecule has 14 nitrogen and oxygen atoms in total. The molecule has 0 unspecified atom stereocenters. The number of aromatic nitrogens is 1. The van der Waals surface area contributed by atoms with Gasteiger partial charge in [-0.15, -0.1) is 0 Å². The van der Waals surface area contributed by atoms with Crippen LogP contribution in [0.2, 0.25) is 0 Å². The van der Waals surface area contributed by atoms with E-state index < -0.39 is 86.6 Å². The van der Waals surface area contributed by atoms with Gasteiger partial charge in [0.1, 0.15) is 46.7 Å². The van der Waals surface area contributed by atoms with Crippen LogP contribution in [0.15, 0.2) is 36.5 Å². The number of nitrogens with zero attached hydrogens (tertiary/aromatic N) is 2. The third kappa shape index (κ3) is 7.11. The van der Waals surface area contributed by atoms with Crippen LogP contribution in [0.4, 0.5) is 13.6 Å². The Hall–Kier alpha value is -4.54. The predicted octanol–water partition coefficient (Wildman–Crippen LogP) is 3.20. The van der Waals surface area contributed by atoms with Crippen molar-refractivity contribution in [1.82, 2.24) is 25.2 Å². The van der Waals surface area contributed by atoms with Crippen molar-refractivity contribution in [2.75, 3.05) is 20.3 Å². The molecule has 1 saturated heterocycles. The van der Waals surface area contributed by atoms with Crippen LogP contribution in [-0.2, 0) is 24.4 Å². The highest BCUT2D eigenvalue weighted by Crippen LogP contribution is 2.48. The molecule has 17 heteroatoms. The van der Waals surface area contributed by atoms with Crippen molar-refractivity contribution < 1.29 is 51.0 Å². The SMILES string of the molecule is COc1cnc(O[C@@H]2C[C@H]3C(=O)N[C@]4(C(=O)NS(=O)(=O)C5(CF)CC5)C[C@H]4/C=C\CC[C@@H](C)C[C@@H](C)[C@H](NC(=O)O)C(=O)N3C2)c2cc(F)ccc12. The Labute approximate surface area is 299 Å². The summed E-state index contributed by atoms with van der Waals surface area (Å²) in [5.41, 5.74) is -1.70. The summed E-state index contributed by atoms with van der Waals surface area (Å²) in [6.45, 7) is 2.37. The minimum atomic E-state index is -4.41. The lowest BCUT2D eigenvalue weighted by Crippen LogP contribution is -2.59. The van der Waals surface area contributed by atoms with Crippen molar-refractivity contribution in [3.8, 4) is 11.6 Å². The topological polar surface area (TPSA) is 193 Å². The molecular formula is C35H43F2N5O9S. The van der Waals surface area contributed by atoms with Crippen LogP contribution in [-0.4, -0.2) is 96.0 Å². The Morgan fingerprint density at radius 3 is 2.60 bits per heavy atom. The van der Waals surface area contributed by atoms with Crippen LogP contribution in [0.25, 0.3) is 10.8 Å². The van der Waals surface area contributed by atoms with Crippen LogP contribution in [0, 0.1) is 23.6 Å². The van der Waals surface area contributed by atoms with Gasteiger partial charge in [-0.05, 0) is 68.6 Å². The van der Waals surface area contributed by atoms with Crippen LogP contribution in [0.3, 0.4) is 0 Å². The summed E-state index contributed by atoms with van der Waals surface area (Å²) in [5.74, 6) is -3.69. The molecule has 7 atom stereocenters. The number of allylic oxidation sites excluding steroid dienone is 1. The fraction of sp³-hybridized carbons (Fsp3) is 0.571. The van der Waals surface area contributed by atoms with Crippen molar-refractivity contribution in [3.63, 3.8) is 0 Å². The summed E-state index contributed by atoms with van der Waals surface area (Å²) >= 11 is 0. The number of carboxylic acid groups (broad SMARTS) is 1. The molecule has 3 heterocycles. The maximum Gasteiger partial charge on any atom is 0.405 e. The molecule has 2 aliphatic carbocycles. The summed E-state index contributed by atoms with van der Waals surface area (Å²) in [4.78, 5) is 59.8. The van der Waals surface area contributed by atoms with Gasteiger partial charge < -0.3 is 30.1 Å². The maximum absolute atomic E-state index is 14.4. The minimum absolute atomic E-state index is 0.00798. The highest BCUT2D eigenvalue weighted by atomic mass is 32.2. The first kappa shape index (κ1) is 37.2. The van der Waals surface area contributed by atoms with Gasteiger partial charge in [0.15, 0.2) is 0 Å². The van der Waals surface area contributed by atoms with Gasteiger partial charge >= 0.3 is 6.09 Å². The summed E-state index contributed by atoms with van der Waals surface area (Å²) in [7, 11) is -2.98. The van der Waals surface area contributed by atoms with Crippen molar-refractivity contribution >= 4 is 44.6 Å². The number of rotatable bonds is 8. The van der Waals surface area contributed by atoms with E-state index in [1.165, 1.54) is 36.4 Å². The first-order chi connectivity index (χ1) is 24.6. The van der Waals surface area contributed by atoms with Crippen molar-refractivity contribution in [1.29, 1.82) is 0 Å². The lowest BCUT2D eigenvalue weighted by atomic mass is 9.88. The summed E-state index contributed by atoms with van der Waals surface area (Å²) in [6, 6.07) is 1.44. The monoisotopic (exact) mass is 747 g/mol. The number of amides is 4. The molecule has 0 bridgehead atoms. The fourth-order valence-corrected chi connectivity index (χ4v) is 8.89. The quantitative estimate of drug-likeness (QED) is 0.292. The molecule has 0 spiro atoms. The van der Waals surface area contributed by atoms with E-state index in [2.05, 4.69) is 15.6 Å². The number of benzene rings is 1. The number of hydrogen-bond acceptors (Lipinski definition) is 9. The van der Waals surface area contributed by atoms with Gasteiger partial charge in [0.2, 0.25) is 27.7 Å². The molecule has 6 rings (SSSR count). The first-order valence-corrected chi connectivity index (χ1v) is 18.8. The van der Waals surface area contributed by atoms with E-state index in [4.69, 9.17) is 9.47 Å². The number of fused-ring (bicyclic) bond motifs is 3. The van der Waals surface area contributed by atoms with E-state index in [1.54, 1.807) is 13.0 Å². The Balaban J connectivity index is 1.35. The number of ether oxygens (including phenoxy) is 2. The van der Waals surface area contributed by atoms with Crippen LogP contribution >= 0.6 is 0 Å². The highest BCUT2D eigenvalue weighted by Gasteiger charge is 2.64. The van der Waals surface area contributed by atoms with Crippen molar-refractivity contribution in [2.24, 2.45) is 17.8 Å². The van der Waals surface area contributed by atoms with Crippen molar-refractivity contribution in [2.45, 2.75) is 87.3 Å². The van der Waals surface area contributed by atoms with Crippen LogP contribution in [0.1, 0.15) is 58.8 Å². The smallest absolute Gasteiger partial charge is 0.405 e. The van der Waals surface area contributed by atoms with Gasteiger partial charge in [0.05, 0.1) is 25.2 Å². The molecule has 4 aliphatic rings. The number of carbonyl (C=O) groups is 4. The predicted molar refractivity (Wildman–Crippen MR) is 183 cm³/mol. The minimum Gasteiger partial charge on any atom is -0.494 e. The van der Waals surface area contributed by atoms with E-state index in [0.717, 1.165) is 0 Å². The second kappa shape index (κ2) is 14.1. The van der Waals surface area contributed by atoms with Gasteiger partial charge in [0.25, 0.3) is 5.91 Å². The zero-order chi connectivity index (χ0) is 37.6. The van der Waals surface area contributed by atoms with Gasteiger partial charge in [-0.2, -0.15) is 0 Å². The Kier molecular flexibility index (Phi) is 10.1. The zero-order valence-electron chi connectivity index (χ0n) is 29.1. The fourth-order valence-electron chi connectivity index (χ4n) is 7.46. The zero-order valence-corrected chi connectivity index (χ0v) is 29.9. The molecule has 1 aromatic carbocycles. The lowest BCUT2D eigenvalue weighted by Gasteiger charge is -2.32. The second-order valence-corrected chi connectivity index (χ2v) is 16.7. The molecule has 282 valence electrons. The third-order valence-electron chi connectivity index (χ3n) is 10.8. The molecule has 52 heavy (non-hydrogen) atoms. The number of methoxy groups -OCH3 is 1. The van der Waals surface area contributed by atoms with Crippen molar-refractivity contribution in [3.05, 3.63) is 42.4 Å². The van der Waals surface area contributed by atoms with E-state index in [0.29, 0.717) is 30.4 Å². The number of halogens is 2. The summed E-state index contributed by atoms with van der Waals surface area (Å²) in [6.07, 6.45) is 4.44. The standard InChI is InChI=1S/C35H43F2N5O9S/c1-19-6-4-5-7-21-15-35(21,32(45)41-52(48,49)34(18-36)10-11-34)40-29(43)26-14-23(17-42(26)31(44)28(20(2)12-19)39-33(46)47)51-30-25-13-22(37)8-9-24(25)27(50-3)16-38-30/h5,7-9,13,16,19-21,23,26,28,39H,4,6,10-12,14-15,17-18H2,1-3H3,(H,40,43)(H,41,45)(H,46,47)/b7-5-/t19-,20-,21-,23-,26+,28+,35-/m1/s1. The molecule has 2 saturated carbocycles.